The molecule has 0 spiro atoms. The normalized spacial score (nSPS) is 14.4. The Morgan fingerprint density at radius 2 is 0.845 bits per heavy atom. The minimum Gasteiger partial charge on any atom is -0.465 e. The Morgan fingerprint density at radius 3 is 1.26 bits per heavy atom. The van der Waals surface area contributed by atoms with Gasteiger partial charge in [-0.3, -0.25) is 0 Å². The number of nitrogens with zero attached hydrogens (tertiary/aromatic N) is 2. The Balaban J connectivity index is 1.14. The Bertz CT molecular complexity index is 3080. The van der Waals surface area contributed by atoms with Gasteiger partial charge in [-0.05, 0) is 93.0 Å². The quantitative estimate of drug-likeness (QED) is 0.168. The van der Waals surface area contributed by atoms with Crippen LogP contribution in [0.15, 0.2) is 133 Å². The number of aromatic nitrogens is 2. The summed E-state index contributed by atoms with van der Waals surface area (Å²) in [5.41, 5.74) is 15.0. The van der Waals surface area contributed by atoms with E-state index < -0.39 is 11.9 Å². The maximum absolute atomic E-state index is 13.8. The van der Waals surface area contributed by atoms with E-state index >= 15 is 0 Å². The van der Waals surface area contributed by atoms with Crippen LogP contribution in [0.3, 0.4) is 0 Å². The van der Waals surface area contributed by atoms with E-state index in [1.807, 2.05) is 12.1 Å². The van der Waals surface area contributed by atoms with Gasteiger partial charge in [0.1, 0.15) is 0 Å². The molecule has 0 atom stereocenters. The van der Waals surface area contributed by atoms with E-state index in [9.17, 15) is 9.59 Å². The monoisotopic (exact) mass is 756 g/mol. The zero-order chi connectivity index (χ0) is 39.8. The maximum Gasteiger partial charge on any atom is 0.338 e. The molecule has 0 fully saturated rings. The molecule has 2 aromatic heterocycles. The molecule has 58 heavy (non-hydrogen) atoms. The number of esters is 2. The van der Waals surface area contributed by atoms with Gasteiger partial charge in [-0.2, -0.15) is 0 Å². The lowest BCUT2D eigenvalue weighted by Gasteiger charge is -2.34. The van der Waals surface area contributed by atoms with E-state index in [4.69, 9.17) is 9.47 Å². The van der Waals surface area contributed by atoms with E-state index in [2.05, 4.69) is 146 Å². The second-order valence-corrected chi connectivity index (χ2v) is 16.7. The topological polar surface area (TPSA) is 62.5 Å². The van der Waals surface area contributed by atoms with Crippen molar-refractivity contribution < 1.29 is 19.1 Å². The lowest BCUT2D eigenvalue weighted by Crippen LogP contribution is -2.26. The predicted octanol–water partition coefficient (Wildman–Crippen LogP) is 12.1. The first kappa shape index (κ1) is 34.3. The van der Waals surface area contributed by atoms with Crippen molar-refractivity contribution in [1.82, 2.24) is 9.13 Å². The lowest BCUT2D eigenvalue weighted by atomic mass is 9.75. The Hall–Kier alpha value is -6.92. The van der Waals surface area contributed by atoms with E-state index in [-0.39, 0.29) is 10.8 Å². The first-order valence-electron chi connectivity index (χ1n) is 19.7. The maximum atomic E-state index is 13.8. The van der Waals surface area contributed by atoms with Gasteiger partial charge in [-0.1, -0.05) is 113 Å². The summed E-state index contributed by atoms with van der Waals surface area (Å²) >= 11 is 0. The summed E-state index contributed by atoms with van der Waals surface area (Å²) in [5, 5.41) is 4.38. The van der Waals surface area contributed by atoms with Crippen LogP contribution in [0.25, 0.3) is 77.2 Å². The van der Waals surface area contributed by atoms with Gasteiger partial charge < -0.3 is 18.6 Å². The standard InChI is InChI=1S/C52H40N2O4/c1-51(2)39-15-7-9-19-45(39)53-43-23-21-29(25-35(43)31-13-11-17-41(51)47(31)53)33-27-38(50(56)58-6)34(28-37(33)49(55)57-5)30-22-24-44-36(26-30)32-14-12-18-42-48(32)54(44)46-20-10-8-16-40(46)52(42,3)4/h7-28H,1-6H3. The molecule has 0 N–H and O–H groups in total. The molecular formula is C52H40N2O4. The molecule has 2 aliphatic heterocycles. The van der Waals surface area contributed by atoms with Gasteiger partial charge in [-0.25, -0.2) is 9.59 Å². The highest BCUT2D eigenvalue weighted by Gasteiger charge is 2.36. The second kappa shape index (κ2) is 11.8. The third kappa shape index (κ3) is 4.37. The van der Waals surface area contributed by atoms with Crippen LogP contribution in [0.2, 0.25) is 0 Å². The fourth-order valence-corrected chi connectivity index (χ4v) is 10.3. The van der Waals surface area contributed by atoms with Gasteiger partial charge in [0.15, 0.2) is 0 Å². The number of rotatable bonds is 4. The number of hydrogen-bond donors (Lipinski definition) is 0. The number of methoxy groups -OCH3 is 2. The van der Waals surface area contributed by atoms with Crippen molar-refractivity contribution in [2.75, 3.05) is 14.2 Å². The van der Waals surface area contributed by atoms with Crippen LogP contribution >= 0.6 is 0 Å². The highest BCUT2D eigenvalue weighted by molar-refractivity contribution is 6.15. The van der Waals surface area contributed by atoms with Gasteiger partial charge in [0.25, 0.3) is 0 Å². The molecular weight excluding hydrogens is 717 g/mol. The van der Waals surface area contributed by atoms with E-state index in [0.717, 1.165) is 55.1 Å². The fourth-order valence-electron chi connectivity index (χ4n) is 10.3. The summed E-state index contributed by atoms with van der Waals surface area (Å²) in [5.74, 6) is -0.976. The molecule has 0 saturated carbocycles. The third-order valence-electron chi connectivity index (χ3n) is 13.1. The van der Waals surface area contributed by atoms with Crippen LogP contribution in [0.4, 0.5) is 0 Å². The number of fused-ring (bicyclic) bond motifs is 10. The zero-order valence-corrected chi connectivity index (χ0v) is 33.2. The average Bonchev–Trinajstić information content (AvgIpc) is 3.77. The van der Waals surface area contributed by atoms with Crippen molar-refractivity contribution in [2.45, 2.75) is 38.5 Å². The van der Waals surface area contributed by atoms with Crippen molar-refractivity contribution in [3.8, 4) is 33.6 Å². The molecule has 9 aromatic rings. The molecule has 0 saturated heterocycles. The Morgan fingerprint density at radius 1 is 0.448 bits per heavy atom. The number of para-hydroxylation sites is 4. The second-order valence-electron chi connectivity index (χ2n) is 16.7. The molecule has 7 aromatic carbocycles. The van der Waals surface area contributed by atoms with Crippen LogP contribution < -0.4 is 0 Å². The van der Waals surface area contributed by atoms with Crippen molar-refractivity contribution >= 4 is 55.6 Å². The molecule has 2 aliphatic rings. The number of ether oxygens (including phenoxy) is 2. The largest absolute Gasteiger partial charge is 0.465 e. The molecule has 6 heteroatoms. The van der Waals surface area contributed by atoms with Crippen LogP contribution in [-0.4, -0.2) is 35.3 Å². The lowest BCUT2D eigenvalue weighted by molar-refractivity contribution is 0.0588. The smallest absolute Gasteiger partial charge is 0.338 e. The number of benzene rings is 7. The number of carbonyl (C=O) groups is 2. The molecule has 11 rings (SSSR count). The van der Waals surface area contributed by atoms with Gasteiger partial charge in [0, 0.05) is 32.4 Å². The Labute approximate surface area is 335 Å². The molecule has 0 amide bonds. The minimum absolute atomic E-state index is 0.190. The van der Waals surface area contributed by atoms with E-state index in [1.165, 1.54) is 47.5 Å². The summed E-state index contributed by atoms with van der Waals surface area (Å²) in [7, 11) is 2.79. The summed E-state index contributed by atoms with van der Waals surface area (Å²) in [6.45, 7) is 9.15. The van der Waals surface area contributed by atoms with Gasteiger partial charge >= 0.3 is 11.9 Å². The van der Waals surface area contributed by atoms with Crippen molar-refractivity contribution in [3.05, 3.63) is 167 Å². The van der Waals surface area contributed by atoms with E-state index in [1.54, 1.807) is 12.1 Å². The molecule has 6 nitrogen and oxygen atoms in total. The Kier molecular flexibility index (Phi) is 6.99. The third-order valence-corrected chi connectivity index (χ3v) is 13.1. The summed E-state index contributed by atoms with van der Waals surface area (Å²) in [6.07, 6.45) is 0. The van der Waals surface area contributed by atoms with Gasteiger partial charge in [0.2, 0.25) is 0 Å². The van der Waals surface area contributed by atoms with Crippen molar-refractivity contribution in [3.63, 3.8) is 0 Å². The first-order valence-corrected chi connectivity index (χ1v) is 19.7. The van der Waals surface area contributed by atoms with Crippen LogP contribution in [0.5, 0.6) is 0 Å². The zero-order valence-electron chi connectivity index (χ0n) is 33.2. The van der Waals surface area contributed by atoms with E-state index in [0.29, 0.717) is 22.3 Å². The fraction of sp³-hybridized carbons (Fsp3) is 0.154. The highest BCUT2D eigenvalue weighted by atomic mass is 16.5. The SMILES string of the molecule is COC(=O)c1cc(-c2ccc3c(c2)c2cccc4c2n3-c2ccccc2C4(C)C)c(C(=O)OC)cc1-c1ccc2c(c1)c1cccc3c1n2-c1ccccc1C3(C)C. The van der Waals surface area contributed by atoms with Crippen molar-refractivity contribution in [2.24, 2.45) is 0 Å². The van der Waals surface area contributed by atoms with Gasteiger partial charge in [-0.15, -0.1) is 0 Å². The number of hydrogen-bond acceptors (Lipinski definition) is 4. The molecule has 0 radical (unpaired) electrons. The molecule has 4 heterocycles. The molecule has 282 valence electrons. The predicted molar refractivity (Wildman–Crippen MR) is 233 cm³/mol. The summed E-state index contributed by atoms with van der Waals surface area (Å²) in [6, 6.07) is 46.5. The average molecular weight is 757 g/mol. The number of carbonyl (C=O) groups excluding carboxylic acids is 2. The first-order chi connectivity index (χ1) is 28.0. The molecule has 0 aliphatic carbocycles. The molecule has 0 unspecified atom stereocenters. The van der Waals surface area contributed by atoms with Crippen molar-refractivity contribution in [1.29, 1.82) is 0 Å². The van der Waals surface area contributed by atoms with Gasteiger partial charge in [0.05, 0.1) is 58.8 Å². The summed E-state index contributed by atoms with van der Waals surface area (Å²) in [4.78, 5) is 27.7. The summed E-state index contributed by atoms with van der Waals surface area (Å²) < 4.78 is 15.6. The van der Waals surface area contributed by atoms with Crippen LogP contribution in [-0.2, 0) is 20.3 Å². The van der Waals surface area contributed by atoms with Crippen LogP contribution in [0.1, 0.15) is 70.7 Å². The minimum atomic E-state index is -0.488. The highest BCUT2D eigenvalue weighted by Crippen LogP contribution is 2.50. The molecule has 0 bridgehead atoms. The van der Waals surface area contributed by atoms with Crippen LogP contribution in [0, 0.1) is 0 Å².